The maximum absolute atomic E-state index is 12.3. The van der Waals surface area contributed by atoms with E-state index in [4.69, 9.17) is 9.15 Å². The van der Waals surface area contributed by atoms with Crippen LogP contribution in [0.3, 0.4) is 0 Å². The number of rotatable bonds is 2. The molecule has 0 spiro atoms. The average molecular weight is 344 g/mol. The van der Waals surface area contributed by atoms with Crippen LogP contribution in [0.15, 0.2) is 35.2 Å². The predicted octanol–water partition coefficient (Wildman–Crippen LogP) is 3.18. The van der Waals surface area contributed by atoms with Crippen molar-refractivity contribution in [2.24, 2.45) is 0 Å². The molecule has 134 valence electrons. The molecule has 1 amide bonds. The van der Waals surface area contributed by atoms with Crippen LogP contribution < -0.4 is 4.90 Å². The van der Waals surface area contributed by atoms with Crippen LogP contribution in [-0.4, -0.2) is 52.2 Å². The van der Waals surface area contributed by atoms with Gasteiger partial charge in [-0.05, 0) is 39.8 Å². The largest absolute Gasteiger partial charge is 0.463 e. The fraction of sp³-hybridized carbons (Fsp3) is 0.500. The summed E-state index contributed by atoms with van der Waals surface area (Å²) >= 11 is 0. The molecule has 0 radical (unpaired) electrons. The number of hydrogen-bond acceptors (Lipinski definition) is 6. The molecule has 3 heterocycles. The van der Waals surface area contributed by atoms with Crippen LogP contribution in [0.2, 0.25) is 0 Å². The molecule has 0 N–H and O–H groups in total. The second kappa shape index (κ2) is 6.74. The molecular weight excluding hydrogens is 320 g/mol. The van der Waals surface area contributed by atoms with Gasteiger partial charge in [-0.2, -0.15) is 0 Å². The van der Waals surface area contributed by atoms with Crippen LogP contribution in [0.5, 0.6) is 0 Å². The number of carbonyl (C=O) groups is 1. The molecule has 0 aliphatic carbocycles. The molecule has 1 saturated heterocycles. The Hall–Kier alpha value is -2.57. The SMILES string of the molecule is C[C@H]1CN(C(=O)OC(C)(C)C)CCN1c1cc(-c2ccco2)ncn1. The summed E-state index contributed by atoms with van der Waals surface area (Å²) < 4.78 is 10.9. The van der Waals surface area contributed by atoms with E-state index in [1.54, 1.807) is 17.5 Å². The number of anilines is 1. The summed E-state index contributed by atoms with van der Waals surface area (Å²) in [6, 6.07) is 5.74. The van der Waals surface area contributed by atoms with Gasteiger partial charge in [-0.25, -0.2) is 14.8 Å². The normalized spacial score (nSPS) is 18.3. The first-order valence-corrected chi connectivity index (χ1v) is 8.44. The van der Waals surface area contributed by atoms with Gasteiger partial charge in [0.1, 0.15) is 23.4 Å². The first-order chi connectivity index (χ1) is 11.8. The third kappa shape index (κ3) is 4.10. The topological polar surface area (TPSA) is 71.7 Å². The summed E-state index contributed by atoms with van der Waals surface area (Å²) in [6.45, 7) is 9.58. The molecule has 1 fully saturated rings. The molecule has 3 rings (SSSR count). The number of aromatic nitrogens is 2. The molecule has 7 heteroatoms. The highest BCUT2D eigenvalue weighted by Gasteiger charge is 2.30. The molecule has 1 atom stereocenters. The average Bonchev–Trinajstić information content (AvgIpc) is 3.08. The molecule has 2 aromatic heterocycles. The Morgan fingerprint density at radius 1 is 1.32 bits per heavy atom. The van der Waals surface area contributed by atoms with Gasteiger partial charge in [0, 0.05) is 31.7 Å². The Morgan fingerprint density at radius 3 is 2.76 bits per heavy atom. The first-order valence-electron chi connectivity index (χ1n) is 8.44. The van der Waals surface area contributed by atoms with E-state index < -0.39 is 5.60 Å². The first kappa shape index (κ1) is 17.3. The molecule has 0 aromatic carbocycles. The molecule has 0 bridgehead atoms. The quantitative estimate of drug-likeness (QED) is 0.833. The minimum Gasteiger partial charge on any atom is -0.463 e. The molecule has 1 aliphatic heterocycles. The van der Waals surface area contributed by atoms with Crippen molar-refractivity contribution in [3.05, 3.63) is 30.8 Å². The lowest BCUT2D eigenvalue weighted by atomic mass is 10.2. The van der Waals surface area contributed by atoms with Gasteiger partial charge in [0.05, 0.1) is 6.26 Å². The Balaban J connectivity index is 1.70. The van der Waals surface area contributed by atoms with Crippen LogP contribution in [0.25, 0.3) is 11.5 Å². The van der Waals surface area contributed by atoms with E-state index >= 15 is 0 Å². The number of piperazine rings is 1. The minimum absolute atomic E-state index is 0.126. The Morgan fingerprint density at radius 2 is 2.12 bits per heavy atom. The summed E-state index contributed by atoms with van der Waals surface area (Å²) in [4.78, 5) is 24.8. The van der Waals surface area contributed by atoms with Gasteiger partial charge in [0.2, 0.25) is 0 Å². The van der Waals surface area contributed by atoms with Gasteiger partial charge in [-0.1, -0.05) is 0 Å². The molecule has 25 heavy (non-hydrogen) atoms. The van der Waals surface area contributed by atoms with Gasteiger partial charge >= 0.3 is 6.09 Å². The van der Waals surface area contributed by atoms with Crippen LogP contribution in [0, 0.1) is 0 Å². The maximum atomic E-state index is 12.3. The van der Waals surface area contributed by atoms with Crippen molar-refractivity contribution >= 4 is 11.9 Å². The van der Waals surface area contributed by atoms with E-state index in [0.717, 1.165) is 11.5 Å². The lowest BCUT2D eigenvalue weighted by Gasteiger charge is -2.40. The number of furan rings is 1. The zero-order chi connectivity index (χ0) is 18.0. The van der Waals surface area contributed by atoms with E-state index in [-0.39, 0.29) is 12.1 Å². The number of amides is 1. The summed E-state index contributed by atoms with van der Waals surface area (Å²) in [5, 5.41) is 0. The van der Waals surface area contributed by atoms with E-state index in [9.17, 15) is 4.79 Å². The highest BCUT2D eigenvalue weighted by Crippen LogP contribution is 2.24. The second-order valence-electron chi connectivity index (χ2n) is 7.21. The van der Waals surface area contributed by atoms with Crippen molar-refractivity contribution in [1.29, 1.82) is 0 Å². The van der Waals surface area contributed by atoms with Crippen LogP contribution in [0.1, 0.15) is 27.7 Å². The number of carbonyl (C=O) groups excluding carboxylic acids is 1. The van der Waals surface area contributed by atoms with Crippen molar-refractivity contribution in [2.45, 2.75) is 39.3 Å². The predicted molar refractivity (Wildman–Crippen MR) is 94.3 cm³/mol. The maximum Gasteiger partial charge on any atom is 0.410 e. The van der Waals surface area contributed by atoms with Crippen molar-refractivity contribution in [3.63, 3.8) is 0 Å². The van der Waals surface area contributed by atoms with Crippen LogP contribution in [-0.2, 0) is 4.74 Å². The highest BCUT2D eigenvalue weighted by atomic mass is 16.6. The minimum atomic E-state index is -0.484. The lowest BCUT2D eigenvalue weighted by molar-refractivity contribution is 0.0218. The van der Waals surface area contributed by atoms with Gasteiger partial charge in [-0.15, -0.1) is 0 Å². The fourth-order valence-corrected chi connectivity index (χ4v) is 2.85. The zero-order valence-electron chi connectivity index (χ0n) is 15.1. The Kier molecular flexibility index (Phi) is 4.65. The van der Waals surface area contributed by atoms with Gasteiger partial charge in [-0.3, -0.25) is 0 Å². The van der Waals surface area contributed by atoms with Crippen molar-refractivity contribution in [3.8, 4) is 11.5 Å². The smallest absolute Gasteiger partial charge is 0.410 e. The van der Waals surface area contributed by atoms with Crippen molar-refractivity contribution < 1.29 is 13.9 Å². The second-order valence-corrected chi connectivity index (χ2v) is 7.21. The third-order valence-corrected chi connectivity index (χ3v) is 4.00. The van der Waals surface area contributed by atoms with Gasteiger partial charge in [0.15, 0.2) is 5.76 Å². The van der Waals surface area contributed by atoms with Crippen molar-refractivity contribution in [1.82, 2.24) is 14.9 Å². The van der Waals surface area contributed by atoms with Gasteiger partial charge in [0.25, 0.3) is 0 Å². The van der Waals surface area contributed by atoms with Crippen molar-refractivity contribution in [2.75, 3.05) is 24.5 Å². The lowest BCUT2D eigenvalue weighted by Crippen LogP contribution is -2.54. The molecule has 0 saturated carbocycles. The van der Waals surface area contributed by atoms with E-state index in [1.165, 1.54) is 0 Å². The zero-order valence-corrected chi connectivity index (χ0v) is 15.1. The fourth-order valence-electron chi connectivity index (χ4n) is 2.85. The Bertz CT molecular complexity index is 724. The molecule has 1 aliphatic rings. The highest BCUT2D eigenvalue weighted by molar-refractivity contribution is 5.69. The van der Waals surface area contributed by atoms with Gasteiger partial charge < -0.3 is 19.0 Å². The standard InChI is InChI=1S/C18H24N4O3/c1-13-11-21(17(23)25-18(2,3)4)7-8-22(13)16-10-14(19-12-20-16)15-6-5-9-24-15/h5-6,9-10,12-13H,7-8,11H2,1-4H3/t13-/m0/s1. The number of hydrogen-bond donors (Lipinski definition) is 0. The third-order valence-electron chi connectivity index (χ3n) is 4.00. The summed E-state index contributed by atoms with van der Waals surface area (Å²) in [5.41, 5.74) is 0.263. The van der Waals surface area contributed by atoms with E-state index in [1.807, 2.05) is 39.0 Å². The molecule has 0 unspecified atom stereocenters. The number of nitrogens with zero attached hydrogens (tertiary/aromatic N) is 4. The summed E-state index contributed by atoms with van der Waals surface area (Å²) in [5.74, 6) is 1.54. The summed E-state index contributed by atoms with van der Waals surface area (Å²) in [7, 11) is 0. The van der Waals surface area contributed by atoms with E-state index in [2.05, 4.69) is 21.8 Å². The molecule has 7 nitrogen and oxygen atoms in total. The summed E-state index contributed by atoms with van der Waals surface area (Å²) in [6.07, 6.45) is 2.90. The molecular formula is C18H24N4O3. The monoisotopic (exact) mass is 344 g/mol. The molecule has 2 aromatic rings. The van der Waals surface area contributed by atoms with E-state index in [0.29, 0.717) is 25.4 Å². The number of ether oxygens (including phenoxy) is 1. The van der Waals surface area contributed by atoms with Crippen LogP contribution in [0.4, 0.5) is 10.6 Å². The Labute approximate surface area is 147 Å². The van der Waals surface area contributed by atoms with Crippen LogP contribution >= 0.6 is 0 Å².